The largest absolute Gasteiger partial charge is 0.485 e. The van der Waals surface area contributed by atoms with Crippen molar-refractivity contribution in [3.63, 3.8) is 0 Å². The quantitative estimate of drug-likeness (QED) is 0.828. The van der Waals surface area contributed by atoms with E-state index in [0.29, 0.717) is 36.2 Å². The van der Waals surface area contributed by atoms with Gasteiger partial charge < -0.3 is 14.8 Å². The Balaban J connectivity index is 1.41. The summed E-state index contributed by atoms with van der Waals surface area (Å²) in [7, 11) is -3.52. The predicted octanol–water partition coefficient (Wildman–Crippen LogP) is 2.89. The van der Waals surface area contributed by atoms with Crippen LogP contribution in [0.2, 0.25) is 0 Å². The van der Waals surface area contributed by atoms with Crippen LogP contribution in [0.1, 0.15) is 19.8 Å². The number of hydrogen-bond donors (Lipinski definition) is 1. The summed E-state index contributed by atoms with van der Waals surface area (Å²) < 4.78 is 38.5. The number of ether oxygens (including phenoxy) is 2. The van der Waals surface area contributed by atoms with E-state index in [1.807, 2.05) is 12.1 Å². The Bertz CT molecular complexity index is 990. The number of hydrogen-bond acceptors (Lipinski definition) is 5. The molecule has 2 aromatic carbocycles. The van der Waals surface area contributed by atoms with Gasteiger partial charge in [0.05, 0.1) is 4.90 Å². The number of amides is 1. The van der Waals surface area contributed by atoms with Crippen LogP contribution in [0.15, 0.2) is 53.4 Å². The number of rotatable bonds is 4. The fraction of sp³-hybridized carbons (Fsp3) is 0.381. The first kappa shape index (κ1) is 19.7. The zero-order valence-electron chi connectivity index (χ0n) is 16.2. The molecule has 2 unspecified atom stereocenters. The van der Waals surface area contributed by atoms with Gasteiger partial charge in [0.25, 0.3) is 5.91 Å². The highest BCUT2D eigenvalue weighted by atomic mass is 32.2. The zero-order valence-corrected chi connectivity index (χ0v) is 17.0. The highest BCUT2D eigenvalue weighted by Crippen LogP contribution is 2.31. The van der Waals surface area contributed by atoms with Crippen molar-refractivity contribution in [3.05, 3.63) is 48.5 Å². The van der Waals surface area contributed by atoms with Gasteiger partial charge >= 0.3 is 0 Å². The van der Waals surface area contributed by atoms with Gasteiger partial charge in [0.15, 0.2) is 11.5 Å². The lowest BCUT2D eigenvalue weighted by Gasteiger charge is -2.30. The van der Waals surface area contributed by atoms with Gasteiger partial charge in [0.2, 0.25) is 16.1 Å². The second-order valence-electron chi connectivity index (χ2n) is 7.49. The number of sulfonamides is 1. The number of nitrogens with zero attached hydrogens (tertiary/aromatic N) is 1. The molecule has 0 aliphatic carbocycles. The molecule has 1 amide bonds. The third kappa shape index (κ3) is 4.23. The van der Waals surface area contributed by atoms with Gasteiger partial charge in [-0.3, -0.25) is 4.79 Å². The summed E-state index contributed by atoms with van der Waals surface area (Å²) in [5.74, 6) is 1.15. The molecule has 0 spiro atoms. The smallest absolute Gasteiger partial charge is 0.269 e. The van der Waals surface area contributed by atoms with Crippen LogP contribution in [0.4, 0.5) is 5.69 Å². The summed E-state index contributed by atoms with van der Waals surface area (Å²) in [6.07, 6.45) is 1.15. The first-order chi connectivity index (χ1) is 13.9. The molecule has 2 aliphatic rings. The van der Waals surface area contributed by atoms with Crippen molar-refractivity contribution in [1.29, 1.82) is 0 Å². The maximum Gasteiger partial charge on any atom is 0.269 e. The van der Waals surface area contributed by atoms with E-state index in [9.17, 15) is 13.2 Å². The average molecular weight is 416 g/mol. The van der Waals surface area contributed by atoms with Crippen LogP contribution < -0.4 is 14.8 Å². The van der Waals surface area contributed by atoms with E-state index in [0.717, 1.165) is 12.8 Å². The Morgan fingerprint density at radius 3 is 2.55 bits per heavy atom. The molecule has 0 aromatic heterocycles. The molecule has 1 saturated heterocycles. The van der Waals surface area contributed by atoms with E-state index in [-0.39, 0.29) is 17.4 Å². The zero-order chi connectivity index (χ0) is 20.4. The van der Waals surface area contributed by atoms with Gasteiger partial charge in [-0.1, -0.05) is 19.1 Å². The summed E-state index contributed by atoms with van der Waals surface area (Å²) >= 11 is 0. The Morgan fingerprint density at radius 2 is 1.83 bits per heavy atom. The molecule has 0 saturated carbocycles. The molecule has 29 heavy (non-hydrogen) atoms. The fourth-order valence-corrected chi connectivity index (χ4v) is 5.19. The standard InChI is InChI=1S/C21H24N2O5S/c1-15-5-4-12-23(13-15)29(25,26)17-10-8-16(9-11-17)22-21(24)20-14-27-18-6-2-3-7-19(18)28-20/h2-3,6-11,15,20H,4-5,12-14H2,1H3,(H,22,24). The molecule has 1 N–H and O–H groups in total. The predicted molar refractivity (Wildman–Crippen MR) is 109 cm³/mol. The molecule has 2 aromatic rings. The Morgan fingerprint density at radius 1 is 1.10 bits per heavy atom. The molecular weight excluding hydrogens is 392 g/mol. The SMILES string of the molecule is CC1CCCN(S(=O)(=O)c2ccc(NC(=O)C3COc4ccccc4O3)cc2)C1. The summed E-state index contributed by atoms with van der Waals surface area (Å²) in [6.45, 7) is 3.27. The van der Waals surface area contributed by atoms with Gasteiger partial charge in [-0.2, -0.15) is 4.31 Å². The van der Waals surface area contributed by atoms with E-state index in [4.69, 9.17) is 9.47 Å². The molecular formula is C21H24N2O5S. The number of nitrogens with one attached hydrogen (secondary N) is 1. The monoisotopic (exact) mass is 416 g/mol. The van der Waals surface area contributed by atoms with E-state index < -0.39 is 16.1 Å². The molecule has 8 heteroatoms. The van der Waals surface area contributed by atoms with Gasteiger partial charge in [-0.25, -0.2) is 8.42 Å². The number of carbonyl (C=O) groups excluding carboxylic acids is 1. The third-order valence-electron chi connectivity index (χ3n) is 5.18. The minimum Gasteiger partial charge on any atom is -0.485 e. The van der Waals surface area contributed by atoms with E-state index in [2.05, 4.69) is 12.2 Å². The minimum absolute atomic E-state index is 0.114. The van der Waals surface area contributed by atoms with Gasteiger partial charge in [-0.15, -0.1) is 0 Å². The maximum atomic E-state index is 12.8. The number of para-hydroxylation sites is 2. The highest BCUT2D eigenvalue weighted by Gasteiger charge is 2.29. The lowest BCUT2D eigenvalue weighted by Crippen LogP contribution is -2.40. The van der Waals surface area contributed by atoms with Crippen molar-refractivity contribution in [2.75, 3.05) is 25.0 Å². The van der Waals surface area contributed by atoms with E-state index >= 15 is 0 Å². The van der Waals surface area contributed by atoms with Gasteiger partial charge in [0.1, 0.15) is 6.61 Å². The lowest BCUT2D eigenvalue weighted by molar-refractivity contribution is -0.125. The summed E-state index contributed by atoms with van der Waals surface area (Å²) in [5.41, 5.74) is 0.503. The summed E-state index contributed by atoms with van der Waals surface area (Å²) in [6, 6.07) is 13.4. The topological polar surface area (TPSA) is 84.9 Å². The molecule has 2 atom stereocenters. The molecule has 154 valence electrons. The summed E-state index contributed by atoms with van der Waals surface area (Å²) in [4.78, 5) is 12.7. The molecule has 2 aliphatic heterocycles. The number of carbonyl (C=O) groups is 1. The Kier molecular flexibility index (Phi) is 5.47. The third-order valence-corrected chi connectivity index (χ3v) is 7.06. The second kappa shape index (κ2) is 8.04. The Labute approximate surface area is 170 Å². The molecule has 2 heterocycles. The number of fused-ring (bicyclic) bond motifs is 1. The van der Waals surface area contributed by atoms with Crippen molar-refractivity contribution in [2.24, 2.45) is 5.92 Å². The van der Waals surface area contributed by atoms with Gasteiger partial charge in [0, 0.05) is 18.8 Å². The number of anilines is 1. The van der Waals surface area contributed by atoms with Crippen LogP contribution in [0.25, 0.3) is 0 Å². The fourth-order valence-electron chi connectivity index (χ4n) is 3.60. The van der Waals surface area contributed by atoms with Crippen LogP contribution in [0.5, 0.6) is 11.5 Å². The molecule has 1 fully saturated rings. The van der Waals surface area contributed by atoms with Crippen LogP contribution in [-0.2, 0) is 14.8 Å². The van der Waals surface area contributed by atoms with Crippen molar-refractivity contribution < 1.29 is 22.7 Å². The highest BCUT2D eigenvalue weighted by molar-refractivity contribution is 7.89. The van der Waals surface area contributed by atoms with Gasteiger partial charge in [-0.05, 0) is 55.2 Å². The van der Waals surface area contributed by atoms with Crippen LogP contribution in [0, 0.1) is 5.92 Å². The molecule has 0 bridgehead atoms. The second-order valence-corrected chi connectivity index (χ2v) is 9.43. The molecule has 7 nitrogen and oxygen atoms in total. The molecule has 4 rings (SSSR count). The van der Waals surface area contributed by atoms with Crippen LogP contribution in [0.3, 0.4) is 0 Å². The van der Waals surface area contributed by atoms with Crippen molar-refractivity contribution >= 4 is 21.6 Å². The van der Waals surface area contributed by atoms with Crippen molar-refractivity contribution in [1.82, 2.24) is 4.31 Å². The number of benzene rings is 2. The normalized spacial score (nSPS) is 22.1. The minimum atomic E-state index is -3.52. The maximum absolute atomic E-state index is 12.8. The van der Waals surface area contributed by atoms with E-state index in [1.165, 1.54) is 12.1 Å². The lowest BCUT2D eigenvalue weighted by atomic mass is 10.0. The first-order valence-electron chi connectivity index (χ1n) is 9.73. The Hall–Kier alpha value is -2.58. The van der Waals surface area contributed by atoms with Crippen LogP contribution >= 0.6 is 0 Å². The average Bonchev–Trinajstić information content (AvgIpc) is 2.74. The summed E-state index contributed by atoms with van der Waals surface area (Å²) in [5, 5.41) is 2.76. The van der Waals surface area contributed by atoms with Crippen molar-refractivity contribution in [2.45, 2.75) is 30.8 Å². The first-order valence-corrected chi connectivity index (χ1v) is 11.2. The number of piperidine rings is 1. The van der Waals surface area contributed by atoms with E-state index in [1.54, 1.807) is 28.6 Å². The van der Waals surface area contributed by atoms with Crippen LogP contribution in [-0.4, -0.2) is 44.4 Å². The molecule has 0 radical (unpaired) electrons. The van der Waals surface area contributed by atoms with Crippen molar-refractivity contribution in [3.8, 4) is 11.5 Å².